The Balaban J connectivity index is 1.73. The SMILES string of the molecule is CNc1ccn([C@@H]2O[C@H](COP3(=O)OP(=O)(O)OP(=O)(O)O3)[C@H](O)[C@@H]2O)c(=O)n1. The molecule has 2 aliphatic heterocycles. The lowest BCUT2D eigenvalue weighted by Crippen LogP contribution is -2.36. The molecule has 29 heavy (non-hydrogen) atoms. The van der Waals surface area contributed by atoms with Crippen LogP contribution in [0.4, 0.5) is 5.82 Å². The molecule has 0 aromatic carbocycles. The van der Waals surface area contributed by atoms with Crippen molar-refractivity contribution < 1.29 is 55.9 Å². The lowest BCUT2D eigenvalue weighted by atomic mass is 10.1. The second-order valence-corrected chi connectivity index (χ2v) is 10.7. The maximum absolute atomic E-state index is 12.2. The van der Waals surface area contributed by atoms with E-state index in [9.17, 15) is 38.5 Å². The third-order valence-electron chi connectivity index (χ3n) is 3.71. The Morgan fingerprint density at radius 3 is 2.34 bits per heavy atom. The van der Waals surface area contributed by atoms with Crippen molar-refractivity contribution in [1.29, 1.82) is 0 Å². The van der Waals surface area contributed by atoms with E-state index in [1.54, 1.807) is 0 Å². The van der Waals surface area contributed by atoms with E-state index in [1.807, 2.05) is 0 Å². The number of aromatic nitrogens is 2. The molecule has 0 amide bonds. The monoisotopic (exact) mass is 479 g/mol. The first kappa shape index (κ1) is 22.7. The summed E-state index contributed by atoms with van der Waals surface area (Å²) in [5, 5.41) is 22.9. The maximum Gasteiger partial charge on any atom is 0.492 e. The summed E-state index contributed by atoms with van der Waals surface area (Å²) in [7, 11) is -14.0. The quantitative estimate of drug-likeness (QED) is 0.329. The molecule has 0 aliphatic carbocycles. The highest BCUT2D eigenvalue weighted by Gasteiger charge is 2.55. The fourth-order valence-electron chi connectivity index (χ4n) is 2.48. The van der Waals surface area contributed by atoms with Crippen LogP contribution in [-0.4, -0.2) is 61.5 Å². The molecule has 0 saturated carbocycles. The van der Waals surface area contributed by atoms with E-state index < -0.39 is 60.3 Å². The van der Waals surface area contributed by atoms with Gasteiger partial charge in [-0.15, -0.1) is 0 Å². The van der Waals surface area contributed by atoms with Gasteiger partial charge >= 0.3 is 29.2 Å². The smallest absolute Gasteiger partial charge is 0.387 e. The molecule has 0 radical (unpaired) electrons. The number of nitrogens with one attached hydrogen (secondary N) is 1. The number of ether oxygens (including phenoxy) is 1. The minimum absolute atomic E-state index is 0.243. The van der Waals surface area contributed by atoms with Crippen molar-refractivity contribution in [3.05, 3.63) is 22.7 Å². The molecular weight excluding hydrogens is 463 g/mol. The predicted octanol–water partition coefficient (Wildman–Crippen LogP) is -0.707. The molecule has 16 nitrogen and oxygen atoms in total. The molecule has 19 heteroatoms. The molecule has 5 N–H and O–H groups in total. The van der Waals surface area contributed by atoms with Gasteiger partial charge < -0.3 is 30.1 Å². The fourth-order valence-corrected chi connectivity index (χ4v) is 7.42. The zero-order valence-corrected chi connectivity index (χ0v) is 17.1. The molecule has 2 fully saturated rings. The van der Waals surface area contributed by atoms with Gasteiger partial charge in [0.15, 0.2) is 6.23 Å². The summed E-state index contributed by atoms with van der Waals surface area (Å²) >= 11 is 0. The Morgan fingerprint density at radius 2 is 1.79 bits per heavy atom. The predicted molar refractivity (Wildman–Crippen MR) is 90.4 cm³/mol. The number of anilines is 1. The van der Waals surface area contributed by atoms with Gasteiger partial charge in [-0.25, -0.2) is 18.5 Å². The Hall–Kier alpha value is -0.990. The van der Waals surface area contributed by atoms with E-state index in [4.69, 9.17) is 4.74 Å². The van der Waals surface area contributed by atoms with Crippen LogP contribution in [0, 0.1) is 0 Å². The molecule has 0 spiro atoms. The number of nitrogens with zero attached hydrogens (tertiary/aromatic N) is 2. The first-order valence-electron chi connectivity index (χ1n) is 7.67. The molecule has 2 aliphatic rings. The van der Waals surface area contributed by atoms with Crippen LogP contribution in [0.1, 0.15) is 6.23 Å². The van der Waals surface area contributed by atoms with Gasteiger partial charge in [0.25, 0.3) is 0 Å². The van der Waals surface area contributed by atoms with Crippen molar-refractivity contribution in [3.8, 4) is 0 Å². The van der Waals surface area contributed by atoms with Crippen LogP contribution in [0.2, 0.25) is 0 Å². The highest BCUT2D eigenvalue weighted by atomic mass is 31.3. The number of hydrogen-bond donors (Lipinski definition) is 5. The van der Waals surface area contributed by atoms with Gasteiger partial charge in [-0.1, -0.05) is 0 Å². The average Bonchev–Trinajstić information content (AvgIpc) is 2.85. The van der Waals surface area contributed by atoms with Crippen molar-refractivity contribution in [3.63, 3.8) is 0 Å². The molecule has 2 unspecified atom stereocenters. The van der Waals surface area contributed by atoms with E-state index in [2.05, 4.69) is 27.8 Å². The van der Waals surface area contributed by atoms with E-state index in [0.29, 0.717) is 0 Å². The Morgan fingerprint density at radius 1 is 1.17 bits per heavy atom. The Labute approximate surface area is 161 Å². The molecule has 1 aromatic heterocycles. The summed E-state index contributed by atoms with van der Waals surface area (Å²) in [6, 6.07) is 1.40. The molecule has 2 saturated heterocycles. The fraction of sp³-hybridized carbons (Fsp3) is 0.600. The molecule has 3 rings (SSSR count). The first-order valence-corrected chi connectivity index (χ1v) is 12.1. The van der Waals surface area contributed by atoms with Crippen LogP contribution < -0.4 is 11.0 Å². The lowest BCUT2D eigenvalue weighted by molar-refractivity contribution is -0.0544. The zero-order valence-electron chi connectivity index (χ0n) is 14.4. The largest absolute Gasteiger partial charge is 0.492 e. The second-order valence-electron chi connectivity index (χ2n) is 5.72. The molecule has 0 bridgehead atoms. The van der Waals surface area contributed by atoms with Crippen molar-refractivity contribution >= 4 is 29.3 Å². The second kappa shape index (κ2) is 7.93. The molecule has 6 atom stereocenters. The van der Waals surface area contributed by atoms with Crippen LogP contribution in [-0.2, 0) is 35.9 Å². The summed E-state index contributed by atoms with van der Waals surface area (Å²) in [5.74, 6) is 0.243. The number of rotatable bonds is 5. The third kappa shape index (κ3) is 5.02. The Bertz CT molecular complexity index is 955. The number of hydrogen-bond acceptors (Lipinski definition) is 13. The maximum atomic E-state index is 12.2. The van der Waals surface area contributed by atoms with Crippen molar-refractivity contribution in [1.82, 2.24) is 9.55 Å². The van der Waals surface area contributed by atoms with Crippen molar-refractivity contribution in [2.75, 3.05) is 19.0 Å². The number of aliphatic hydroxyl groups is 2. The summed E-state index contributed by atoms with van der Waals surface area (Å²) < 4.78 is 57.7. The standard InChI is InChI=1S/C10H16N3O13P3/c1-11-6-2-3-13(10(16)12-6)9-8(15)7(14)5(23-9)4-22-29(21)25-27(17,18)24-28(19,20)26-29/h2-3,5,7-9,14-15H,4H2,1H3,(H,17,18)(H,19,20)(H,11,12,16)/t5-,7+,8+,9-/m1/s1. The highest BCUT2D eigenvalue weighted by molar-refractivity contribution is 7.74. The Kier molecular flexibility index (Phi) is 6.20. The summed E-state index contributed by atoms with van der Waals surface area (Å²) in [6.07, 6.45) is -4.93. The zero-order chi connectivity index (χ0) is 21.6. The number of phosphoric acid groups is 3. The van der Waals surface area contributed by atoms with Gasteiger partial charge in [-0.2, -0.15) is 17.9 Å². The highest BCUT2D eigenvalue weighted by Crippen LogP contribution is 2.80. The molecule has 164 valence electrons. The van der Waals surface area contributed by atoms with Crippen molar-refractivity contribution in [2.24, 2.45) is 0 Å². The third-order valence-corrected chi connectivity index (χ3v) is 9.07. The van der Waals surface area contributed by atoms with Crippen LogP contribution >= 0.6 is 23.5 Å². The minimum atomic E-state index is -5.23. The van der Waals surface area contributed by atoms with Crippen LogP contribution in [0.15, 0.2) is 17.1 Å². The summed E-state index contributed by atoms with van der Waals surface area (Å²) in [4.78, 5) is 34.0. The van der Waals surface area contributed by atoms with Crippen LogP contribution in [0.3, 0.4) is 0 Å². The van der Waals surface area contributed by atoms with Gasteiger partial charge in [0, 0.05) is 13.2 Å². The van der Waals surface area contributed by atoms with E-state index in [1.165, 1.54) is 19.3 Å². The molecule has 3 heterocycles. The normalized spacial score (nSPS) is 42.7. The van der Waals surface area contributed by atoms with Crippen LogP contribution in [0.25, 0.3) is 0 Å². The van der Waals surface area contributed by atoms with E-state index in [-0.39, 0.29) is 5.82 Å². The van der Waals surface area contributed by atoms with Gasteiger partial charge in [-0.05, 0) is 6.07 Å². The van der Waals surface area contributed by atoms with E-state index >= 15 is 0 Å². The molecular formula is C10H16N3O13P3. The van der Waals surface area contributed by atoms with Gasteiger partial charge in [0.1, 0.15) is 24.1 Å². The topological polar surface area (TPSA) is 225 Å². The first-order chi connectivity index (χ1) is 13.3. The van der Waals surface area contributed by atoms with Gasteiger partial charge in [0.05, 0.1) is 6.61 Å². The van der Waals surface area contributed by atoms with Crippen LogP contribution in [0.5, 0.6) is 0 Å². The van der Waals surface area contributed by atoms with Gasteiger partial charge in [0.2, 0.25) is 0 Å². The van der Waals surface area contributed by atoms with Gasteiger partial charge in [-0.3, -0.25) is 9.09 Å². The summed E-state index contributed by atoms with van der Waals surface area (Å²) in [6.45, 7) is -0.886. The lowest BCUT2D eigenvalue weighted by Gasteiger charge is -2.27. The van der Waals surface area contributed by atoms with Crippen molar-refractivity contribution in [2.45, 2.75) is 24.5 Å². The minimum Gasteiger partial charge on any atom is -0.387 e. The molecule has 1 aromatic rings. The summed E-state index contributed by atoms with van der Waals surface area (Å²) in [5.41, 5.74) is -0.819. The average molecular weight is 479 g/mol. The van der Waals surface area contributed by atoms with E-state index in [0.717, 1.165) is 4.57 Å². The number of aliphatic hydroxyl groups excluding tert-OH is 2.